The highest BCUT2D eigenvalue weighted by atomic mass is 35.5. The van der Waals surface area contributed by atoms with E-state index in [-0.39, 0.29) is 52.0 Å². The zero-order valence-electron chi connectivity index (χ0n) is 54.5. The van der Waals surface area contributed by atoms with Crippen molar-refractivity contribution in [2.45, 2.75) is 156 Å². The number of primary amides is 1. The molecule has 2 saturated heterocycles. The number of hydrogen-bond acceptors (Lipinski definition) is 24. The van der Waals surface area contributed by atoms with Crippen LogP contribution in [-0.4, -0.2) is 186 Å². The summed E-state index contributed by atoms with van der Waals surface area (Å²) in [6.45, 7) is 5.78. The molecule has 542 valence electrons. The van der Waals surface area contributed by atoms with Gasteiger partial charge in [0.25, 0.3) is 5.91 Å². The van der Waals surface area contributed by atoms with E-state index in [1.165, 1.54) is 31.2 Å². The van der Waals surface area contributed by atoms with Gasteiger partial charge in [-0.05, 0) is 102 Å². The van der Waals surface area contributed by atoms with Gasteiger partial charge < -0.3 is 133 Å². The van der Waals surface area contributed by atoms with E-state index < -0.39 is 231 Å². The minimum atomic E-state index is -2.38. The Morgan fingerprint density at radius 1 is 0.743 bits per heavy atom. The van der Waals surface area contributed by atoms with Crippen LogP contribution in [0.2, 0.25) is 10.0 Å². The van der Waals surface area contributed by atoms with Gasteiger partial charge in [-0.15, -0.1) is 0 Å². The number of likely N-dealkylation sites (N-methyl/N-ethyl adjacent to an activating group) is 1. The average molecular weight is 1450 g/mol. The molecule has 7 amide bonds. The maximum Gasteiger partial charge on any atom is 0.278 e. The number of carboxylic acids is 1. The predicted octanol–water partition coefficient (Wildman–Crippen LogP) is -2.97. The number of ether oxygens (including phenoxy) is 6. The van der Waals surface area contributed by atoms with Crippen molar-refractivity contribution in [1.29, 1.82) is 0 Å². The summed E-state index contributed by atoms with van der Waals surface area (Å²) in [5, 5.41) is 130. The molecule has 12 rings (SSSR count). The molecule has 2 fully saturated rings. The number of aliphatic carboxylic acids is 1. The van der Waals surface area contributed by atoms with Crippen molar-refractivity contribution in [2.24, 2.45) is 11.7 Å². The van der Waals surface area contributed by atoms with Gasteiger partial charge in [-0.2, -0.15) is 0 Å². The molecule has 7 aliphatic heterocycles. The van der Waals surface area contributed by atoms with Gasteiger partial charge in [-0.25, -0.2) is 0 Å². The van der Waals surface area contributed by atoms with Gasteiger partial charge in [-0.1, -0.05) is 55.2 Å². The monoisotopic (exact) mass is 1450 g/mol. The van der Waals surface area contributed by atoms with Crippen LogP contribution in [0, 0.1) is 5.92 Å². The molecule has 5 aromatic rings. The van der Waals surface area contributed by atoms with Crippen molar-refractivity contribution in [1.82, 2.24) is 31.9 Å². The highest BCUT2D eigenvalue weighted by molar-refractivity contribution is 6.32. The predicted molar refractivity (Wildman–Crippen MR) is 344 cm³/mol. The molecule has 33 nitrogen and oxygen atoms in total. The smallest absolute Gasteiger partial charge is 0.278 e. The van der Waals surface area contributed by atoms with E-state index in [0.29, 0.717) is 0 Å². The van der Waals surface area contributed by atoms with Crippen LogP contribution in [0.25, 0.3) is 11.1 Å². The number of phenolic OH excluding ortho intramolecular Hbond substituents is 3. The molecule has 0 radical (unpaired) electrons. The Bertz CT molecular complexity index is 4070. The highest BCUT2D eigenvalue weighted by Gasteiger charge is 2.50. The first-order valence-corrected chi connectivity index (χ1v) is 32.5. The van der Waals surface area contributed by atoms with Gasteiger partial charge in [0.05, 0.1) is 54.7 Å². The van der Waals surface area contributed by atoms with Crippen LogP contribution in [0.1, 0.15) is 105 Å². The molecule has 22 N–H and O–H groups in total. The van der Waals surface area contributed by atoms with Crippen molar-refractivity contribution in [3.63, 3.8) is 0 Å². The standard InChI is InChI=1S/C66H75Cl2N9O24/c1-23(2)12-34(71-5)58(88)76-49-51(83)26-7-10-38(32(67)14-26)97-40-16-28-17-41(56(40)101-65-54(86)53(85)52(84)42(22-78)99-65)98-39-11-8-27(15-33(39)68)55(100-44-21-66(4,70)57(87)24(3)96-44)50-63(93)75-48(64(94)95)31-18-29(79)19-37(81)45(31)30-13-25(6-9-36(30)80)46(60(90)77-50)74-61(91)47(28)73-59(89)35(20-43(69)82)72-62(49)92/h6-11,13-19,23-24,34-35,42,44,46-55,57,65,71,78-81,83-87H,12,20-22,70H2,1-5H3,(H2,69,82)(H,72,92)(H,73,89)(H,74,91)(H,75,93)(H,76,88)(H,77,90)(H,94,95)/p+1/t24-,34+,35-,42+,44-,46+,47?,48?,49?,50?,51+,52+,53-,54+,55+,57-,65-,66-/m0/s1. The van der Waals surface area contributed by atoms with Crippen LogP contribution in [0.15, 0.2) is 78.9 Å². The Hall–Kier alpha value is -9.20. The lowest BCUT2D eigenvalue weighted by Crippen LogP contribution is -2.89. The summed E-state index contributed by atoms with van der Waals surface area (Å²) >= 11 is 14.2. The summed E-state index contributed by atoms with van der Waals surface area (Å²) in [5.74, 6) is -16.1. The number of aliphatic hydroxyl groups is 6. The molecule has 101 heavy (non-hydrogen) atoms. The number of rotatable bonds is 13. The van der Waals surface area contributed by atoms with Gasteiger partial charge >= 0.3 is 0 Å². The molecule has 0 aliphatic carbocycles. The second kappa shape index (κ2) is 30.2. The maximum atomic E-state index is 16.1. The third-order valence-corrected chi connectivity index (χ3v) is 18.5. The third kappa shape index (κ3) is 15.8. The summed E-state index contributed by atoms with van der Waals surface area (Å²) in [6, 6.07) is -0.363. The number of phenols is 3. The van der Waals surface area contributed by atoms with Gasteiger partial charge in [-0.3, -0.25) is 33.6 Å². The number of halogens is 2. The molecule has 0 aromatic heterocycles. The second-order valence-electron chi connectivity index (χ2n) is 25.9. The Kier molecular flexibility index (Phi) is 22.2. The Morgan fingerprint density at radius 2 is 1.36 bits per heavy atom. The number of nitrogens with two attached hydrogens (primary N) is 2. The summed E-state index contributed by atoms with van der Waals surface area (Å²) in [6.07, 6.45) is -18.6. The first-order chi connectivity index (χ1) is 47.7. The van der Waals surface area contributed by atoms with E-state index in [1.54, 1.807) is 19.3 Å². The number of quaternary nitrogens is 2. The van der Waals surface area contributed by atoms with Crippen molar-refractivity contribution >= 4 is 70.5 Å². The number of carbonyl (C=O) groups excluding carboxylic acids is 8. The van der Waals surface area contributed by atoms with E-state index in [1.807, 2.05) is 13.8 Å². The lowest BCUT2D eigenvalue weighted by atomic mass is 9.86. The minimum absolute atomic E-state index is 0.0642. The number of hydrogen-bond donors (Lipinski definition) is 18. The highest BCUT2D eigenvalue weighted by Crippen LogP contribution is 2.50. The number of aromatic hydroxyl groups is 3. The van der Waals surface area contributed by atoms with Gasteiger partial charge in [0.1, 0.15) is 107 Å². The number of nitrogens with one attached hydrogen (secondary N) is 6. The van der Waals surface area contributed by atoms with Crippen molar-refractivity contribution in [3.05, 3.63) is 117 Å². The van der Waals surface area contributed by atoms with Crippen LogP contribution < -0.4 is 68.0 Å². The molecule has 35 heteroatoms. The summed E-state index contributed by atoms with van der Waals surface area (Å²) in [4.78, 5) is 118. The molecular weight excluding hydrogens is 1370 g/mol. The van der Waals surface area contributed by atoms with Crippen LogP contribution in [0.4, 0.5) is 0 Å². The van der Waals surface area contributed by atoms with Crippen molar-refractivity contribution in [2.75, 3.05) is 13.7 Å². The number of aliphatic hydroxyl groups excluding tert-OH is 6. The third-order valence-electron chi connectivity index (χ3n) is 17.9. The second-order valence-corrected chi connectivity index (χ2v) is 26.8. The van der Waals surface area contributed by atoms with E-state index in [0.717, 1.165) is 54.6 Å². The Balaban J connectivity index is 1.26. The first-order valence-electron chi connectivity index (χ1n) is 31.8. The van der Waals surface area contributed by atoms with Crippen LogP contribution >= 0.6 is 23.2 Å². The van der Waals surface area contributed by atoms with E-state index >= 15 is 19.2 Å². The average Bonchev–Trinajstić information content (AvgIpc) is 0.770. The summed E-state index contributed by atoms with van der Waals surface area (Å²) < 4.78 is 38.0. The maximum absolute atomic E-state index is 16.1. The molecule has 11 bridgehead atoms. The Morgan fingerprint density at radius 3 is 1.96 bits per heavy atom. The molecule has 5 aromatic carbocycles. The SMILES string of the molecule is C[NH2+][C@H](CC(C)C)C(=O)NC1C(=O)N[C@@H](CC(N)=O)C(=O)NC2C(=O)N[C@H]3C(=O)NC(C(=O)NC(C(=O)[O-])c4cc(O)cc(O)c4-c4cc3ccc4O)[C@H](O[C@H]3C[C@](C)([NH3+])[C@@H](O)[C@H](C)O3)c3ccc(c(Cl)c3)Oc3cc2cc(c3O[C@@H]2O[C@H](CO)[C@@H](O)[C@H](O)[C@H]2O)Oc2ccc(cc2Cl)[C@H]1O. The quantitative estimate of drug-likeness (QED) is 0.0560. The molecule has 7 aliphatic rings. The number of benzene rings is 5. The normalized spacial score (nSPS) is 29.4. The molecule has 0 spiro atoms. The molecule has 0 saturated carbocycles. The number of carboxylic acid groups (broad SMARTS) is 1. The fraction of sp³-hybridized carbons (Fsp3) is 0.424. The molecular formula is C66H76Cl2N9O24+. The summed E-state index contributed by atoms with van der Waals surface area (Å²) in [5.41, 5.74) is 5.85. The van der Waals surface area contributed by atoms with Crippen LogP contribution in [0.3, 0.4) is 0 Å². The molecule has 7 heterocycles. The minimum Gasteiger partial charge on any atom is -0.548 e. The molecule has 18 atom stereocenters. The largest absolute Gasteiger partial charge is 0.548 e. The van der Waals surface area contributed by atoms with Gasteiger partial charge in [0.15, 0.2) is 23.8 Å². The van der Waals surface area contributed by atoms with Crippen LogP contribution in [-0.2, 0) is 52.6 Å². The number of amides is 7. The van der Waals surface area contributed by atoms with E-state index in [4.69, 9.17) is 57.4 Å². The topological polar surface area (TPSA) is 540 Å². The van der Waals surface area contributed by atoms with Crippen molar-refractivity contribution < 1.29 is 129 Å². The Labute approximate surface area is 584 Å². The van der Waals surface area contributed by atoms with Crippen LogP contribution in [0.5, 0.6) is 46.0 Å². The lowest BCUT2D eigenvalue weighted by Gasteiger charge is -2.42. The first kappa shape index (κ1) is 74.5. The van der Waals surface area contributed by atoms with E-state index in [2.05, 4.69) is 37.6 Å². The molecule has 4 unspecified atom stereocenters. The summed E-state index contributed by atoms with van der Waals surface area (Å²) in [7, 11) is 1.60. The fourth-order valence-corrected chi connectivity index (χ4v) is 13.1. The number of fused-ring (bicyclic) bond motifs is 15. The fourth-order valence-electron chi connectivity index (χ4n) is 12.6. The van der Waals surface area contributed by atoms with Crippen molar-refractivity contribution in [3.8, 4) is 57.1 Å². The van der Waals surface area contributed by atoms with Gasteiger partial charge in [0, 0.05) is 23.6 Å². The lowest BCUT2D eigenvalue weighted by molar-refractivity contribution is -0.651. The zero-order chi connectivity index (χ0) is 73.5. The van der Waals surface area contributed by atoms with Gasteiger partial charge in [0.2, 0.25) is 47.5 Å². The number of carbonyl (C=O) groups is 8. The van der Waals surface area contributed by atoms with E-state index in [9.17, 15) is 70.2 Å². The zero-order valence-corrected chi connectivity index (χ0v) is 56.0.